The van der Waals surface area contributed by atoms with Crippen molar-refractivity contribution in [1.29, 1.82) is 0 Å². The molecule has 3 heterocycles. The van der Waals surface area contributed by atoms with Crippen molar-refractivity contribution in [2.45, 2.75) is 38.3 Å². The fourth-order valence-electron chi connectivity index (χ4n) is 5.48. The Balaban J connectivity index is 0.00000196. The molecule has 0 aliphatic carbocycles. The number of carbonyl (C=O) groups excluding carboxylic acids is 2. The molecule has 2 N–H and O–H groups in total. The van der Waals surface area contributed by atoms with Gasteiger partial charge in [0, 0.05) is 62.0 Å². The van der Waals surface area contributed by atoms with Crippen LogP contribution in [0.2, 0.25) is 0 Å². The van der Waals surface area contributed by atoms with Crippen LogP contribution in [0.15, 0.2) is 72.8 Å². The van der Waals surface area contributed by atoms with E-state index in [9.17, 15) is 9.59 Å². The van der Waals surface area contributed by atoms with E-state index in [1.165, 1.54) is 0 Å². The van der Waals surface area contributed by atoms with Gasteiger partial charge in [-0.25, -0.2) is 4.98 Å². The second-order valence-corrected chi connectivity index (χ2v) is 10.9. The van der Waals surface area contributed by atoms with Crippen molar-refractivity contribution in [3.8, 4) is 22.5 Å². The summed E-state index contributed by atoms with van der Waals surface area (Å²) in [6.45, 7) is 8.09. The van der Waals surface area contributed by atoms with Crippen LogP contribution in [-0.4, -0.2) is 82.3 Å². The molecule has 0 bridgehead atoms. The SMILES string of the molecule is CC(C)(N)C(=O)N1CCC(N2CCN(C(=O)c3cc(-c4ccccc4)nc(-c4ccccc4)c3)CC2)CC1.Cl.Cl.Cl. The Morgan fingerprint density at radius 2 is 1.20 bits per heavy atom. The standard InChI is InChI=1S/C31H37N5O2.3ClH/c1-31(2,32)30(38)36-15-13-26(14-16-36)34-17-19-35(20-18-34)29(37)25-21-27(23-9-5-3-6-10-23)33-28(22-25)24-11-7-4-8-12-24;;;/h3-12,21-22,26H,13-20,32H2,1-2H3;3*1H. The van der Waals surface area contributed by atoms with Gasteiger partial charge in [0.1, 0.15) is 0 Å². The summed E-state index contributed by atoms with van der Waals surface area (Å²) < 4.78 is 0. The fraction of sp³-hybridized carbons (Fsp3) is 0.387. The molecule has 0 unspecified atom stereocenters. The van der Waals surface area contributed by atoms with Gasteiger partial charge in [-0.3, -0.25) is 14.5 Å². The number of halogens is 3. The van der Waals surface area contributed by atoms with Crippen LogP contribution in [0.5, 0.6) is 0 Å². The van der Waals surface area contributed by atoms with E-state index in [0.29, 0.717) is 24.7 Å². The van der Waals surface area contributed by atoms with Crippen molar-refractivity contribution in [3.63, 3.8) is 0 Å². The van der Waals surface area contributed by atoms with Crippen LogP contribution in [0.4, 0.5) is 0 Å². The summed E-state index contributed by atoms with van der Waals surface area (Å²) in [5.41, 5.74) is 9.45. The molecular weight excluding hydrogens is 581 g/mol. The zero-order chi connectivity index (χ0) is 26.7. The minimum atomic E-state index is -0.827. The van der Waals surface area contributed by atoms with Gasteiger partial charge in [-0.05, 0) is 38.8 Å². The normalized spacial score (nSPS) is 16.2. The zero-order valence-corrected chi connectivity index (χ0v) is 26.0. The molecule has 3 aromatic rings. The van der Waals surface area contributed by atoms with Crippen molar-refractivity contribution < 1.29 is 9.59 Å². The third kappa shape index (κ3) is 8.21. The van der Waals surface area contributed by atoms with Crippen molar-refractivity contribution in [2.24, 2.45) is 5.73 Å². The maximum Gasteiger partial charge on any atom is 0.254 e. The number of hydrogen-bond acceptors (Lipinski definition) is 5. The Hall–Kier alpha value is -2.68. The number of piperidine rings is 1. The van der Waals surface area contributed by atoms with Gasteiger partial charge in [0.05, 0.1) is 16.9 Å². The zero-order valence-electron chi connectivity index (χ0n) is 23.6. The van der Waals surface area contributed by atoms with E-state index in [0.717, 1.165) is 61.5 Å². The largest absolute Gasteiger partial charge is 0.341 e. The van der Waals surface area contributed by atoms with E-state index >= 15 is 0 Å². The molecule has 2 aliphatic heterocycles. The first kappa shape index (κ1) is 34.5. The Kier molecular flexibility index (Phi) is 12.6. The third-order valence-electron chi connectivity index (χ3n) is 7.63. The molecule has 0 atom stereocenters. The molecule has 41 heavy (non-hydrogen) atoms. The summed E-state index contributed by atoms with van der Waals surface area (Å²) in [5, 5.41) is 0. The van der Waals surface area contributed by atoms with Crippen LogP contribution in [0, 0.1) is 0 Å². The molecular formula is C31H40Cl3N5O2. The first-order valence-electron chi connectivity index (χ1n) is 13.5. The lowest BCUT2D eigenvalue weighted by molar-refractivity contribution is -0.137. The molecule has 2 aromatic carbocycles. The number of piperazine rings is 1. The molecule has 1 aromatic heterocycles. The smallest absolute Gasteiger partial charge is 0.254 e. The van der Waals surface area contributed by atoms with E-state index in [4.69, 9.17) is 10.7 Å². The van der Waals surface area contributed by atoms with E-state index in [2.05, 4.69) is 4.90 Å². The molecule has 0 saturated carbocycles. The lowest BCUT2D eigenvalue weighted by atomic mass is 9.98. The Morgan fingerprint density at radius 1 is 0.732 bits per heavy atom. The van der Waals surface area contributed by atoms with Gasteiger partial charge in [-0.15, -0.1) is 37.2 Å². The summed E-state index contributed by atoms with van der Waals surface area (Å²) in [7, 11) is 0. The summed E-state index contributed by atoms with van der Waals surface area (Å²) in [6.07, 6.45) is 1.89. The molecule has 222 valence electrons. The van der Waals surface area contributed by atoms with Crippen molar-refractivity contribution in [2.75, 3.05) is 39.3 Å². The summed E-state index contributed by atoms with van der Waals surface area (Å²) in [6, 6.07) is 24.3. The van der Waals surface area contributed by atoms with Gasteiger partial charge in [0.2, 0.25) is 5.91 Å². The Labute approximate surface area is 261 Å². The number of benzene rings is 2. The van der Waals surface area contributed by atoms with Gasteiger partial charge in [-0.2, -0.15) is 0 Å². The molecule has 7 nitrogen and oxygen atoms in total. The molecule has 5 rings (SSSR count). The quantitative estimate of drug-likeness (QED) is 0.426. The predicted octanol–water partition coefficient (Wildman–Crippen LogP) is 5.17. The van der Waals surface area contributed by atoms with Gasteiger partial charge in [-0.1, -0.05) is 60.7 Å². The number of nitrogens with two attached hydrogens (primary N) is 1. The number of amides is 2. The highest BCUT2D eigenvalue weighted by atomic mass is 35.5. The van der Waals surface area contributed by atoms with Crippen LogP contribution in [0.1, 0.15) is 37.0 Å². The molecule has 2 aliphatic rings. The minimum absolute atomic E-state index is 0. The van der Waals surface area contributed by atoms with E-state index in [1.807, 2.05) is 82.6 Å². The van der Waals surface area contributed by atoms with Crippen LogP contribution >= 0.6 is 37.2 Å². The van der Waals surface area contributed by atoms with Crippen molar-refractivity contribution in [3.05, 3.63) is 78.4 Å². The maximum absolute atomic E-state index is 13.7. The first-order valence-corrected chi connectivity index (χ1v) is 13.5. The average Bonchev–Trinajstić information content (AvgIpc) is 2.97. The van der Waals surface area contributed by atoms with Gasteiger partial charge < -0.3 is 15.5 Å². The second-order valence-electron chi connectivity index (χ2n) is 10.9. The van der Waals surface area contributed by atoms with Crippen LogP contribution in [0.25, 0.3) is 22.5 Å². The van der Waals surface area contributed by atoms with Crippen LogP contribution < -0.4 is 5.73 Å². The summed E-state index contributed by atoms with van der Waals surface area (Å²) >= 11 is 0. The Bertz CT molecular complexity index is 1210. The first-order chi connectivity index (χ1) is 18.3. The van der Waals surface area contributed by atoms with Gasteiger partial charge >= 0.3 is 0 Å². The Morgan fingerprint density at radius 3 is 1.63 bits per heavy atom. The van der Waals surface area contributed by atoms with Crippen LogP contribution in [0.3, 0.4) is 0 Å². The number of pyridine rings is 1. The van der Waals surface area contributed by atoms with Crippen molar-refractivity contribution in [1.82, 2.24) is 19.7 Å². The monoisotopic (exact) mass is 619 g/mol. The molecule has 2 fully saturated rings. The summed E-state index contributed by atoms with van der Waals surface area (Å²) in [5.74, 6) is 0.0699. The maximum atomic E-state index is 13.7. The van der Waals surface area contributed by atoms with Gasteiger partial charge in [0.15, 0.2) is 0 Å². The topological polar surface area (TPSA) is 82.8 Å². The lowest BCUT2D eigenvalue weighted by Gasteiger charge is -2.43. The average molecular weight is 621 g/mol. The van der Waals surface area contributed by atoms with Gasteiger partial charge in [0.25, 0.3) is 5.91 Å². The number of rotatable bonds is 5. The van der Waals surface area contributed by atoms with E-state index < -0.39 is 5.54 Å². The minimum Gasteiger partial charge on any atom is -0.341 e. The van der Waals surface area contributed by atoms with E-state index in [-0.39, 0.29) is 49.0 Å². The molecule has 0 spiro atoms. The highest BCUT2D eigenvalue weighted by Gasteiger charge is 2.34. The predicted molar refractivity (Wildman–Crippen MR) is 172 cm³/mol. The molecule has 0 radical (unpaired) electrons. The fourth-order valence-corrected chi connectivity index (χ4v) is 5.48. The highest BCUT2D eigenvalue weighted by molar-refractivity contribution is 5.96. The lowest BCUT2D eigenvalue weighted by Crippen LogP contribution is -2.57. The number of carbonyl (C=O) groups is 2. The van der Waals surface area contributed by atoms with Crippen LogP contribution in [-0.2, 0) is 4.79 Å². The molecule has 10 heteroatoms. The number of hydrogen-bond donors (Lipinski definition) is 1. The van der Waals surface area contributed by atoms with Crippen molar-refractivity contribution >= 4 is 49.0 Å². The number of aromatic nitrogens is 1. The van der Waals surface area contributed by atoms with E-state index in [1.54, 1.807) is 13.8 Å². The molecule has 2 amide bonds. The summed E-state index contributed by atoms with van der Waals surface area (Å²) in [4.78, 5) is 37.4. The third-order valence-corrected chi connectivity index (χ3v) is 7.63. The highest BCUT2D eigenvalue weighted by Crippen LogP contribution is 2.26. The second kappa shape index (κ2) is 15.0. The number of nitrogens with zero attached hydrogens (tertiary/aromatic N) is 4. The molecule has 2 saturated heterocycles. The number of likely N-dealkylation sites (tertiary alicyclic amines) is 1.